The Labute approximate surface area is 139 Å². The quantitative estimate of drug-likeness (QED) is 0.794. The number of methoxy groups -OCH3 is 1. The highest BCUT2D eigenvalue weighted by Crippen LogP contribution is 2.38. The molecule has 2 aromatic carbocycles. The Hall–Kier alpha value is -2.97. The highest BCUT2D eigenvalue weighted by molar-refractivity contribution is 5.91. The van der Waals surface area contributed by atoms with Gasteiger partial charge in [-0.25, -0.2) is 9.18 Å². The summed E-state index contributed by atoms with van der Waals surface area (Å²) in [4.78, 5) is 11.2. The fraction of sp³-hybridized carbons (Fsp3) is 0.188. The second-order valence-electron chi connectivity index (χ2n) is 4.89. The molecule has 2 rings (SSSR count). The van der Waals surface area contributed by atoms with Crippen LogP contribution < -0.4 is 14.2 Å². The Morgan fingerprint density at radius 2 is 1.76 bits per heavy atom. The number of carboxylic acids is 1. The Kier molecular flexibility index (Phi) is 5.05. The number of halogens is 4. The van der Waals surface area contributed by atoms with E-state index < -0.39 is 29.5 Å². The summed E-state index contributed by atoms with van der Waals surface area (Å²) in [6.45, 7) is 1.53. The van der Waals surface area contributed by atoms with Crippen LogP contribution in [0.15, 0.2) is 30.3 Å². The van der Waals surface area contributed by atoms with Crippen molar-refractivity contribution < 1.29 is 41.7 Å². The topological polar surface area (TPSA) is 65.0 Å². The molecular weight excluding hydrogens is 348 g/mol. The van der Waals surface area contributed by atoms with Crippen molar-refractivity contribution in [2.24, 2.45) is 0 Å². The molecule has 0 amide bonds. The molecule has 0 atom stereocenters. The average molecular weight is 360 g/mol. The second kappa shape index (κ2) is 6.88. The highest BCUT2D eigenvalue weighted by atomic mass is 19.4. The Morgan fingerprint density at radius 1 is 1.08 bits per heavy atom. The van der Waals surface area contributed by atoms with Crippen molar-refractivity contribution in [3.05, 3.63) is 47.3 Å². The number of carboxylic acid groups (broad SMARTS) is 1. The zero-order valence-corrected chi connectivity index (χ0v) is 13.0. The number of hydrogen-bond donors (Lipinski definition) is 1. The maximum Gasteiger partial charge on any atom is 0.573 e. The van der Waals surface area contributed by atoms with Gasteiger partial charge < -0.3 is 19.3 Å². The van der Waals surface area contributed by atoms with Gasteiger partial charge in [-0.3, -0.25) is 0 Å². The Balaban J connectivity index is 2.42. The molecule has 0 bridgehead atoms. The number of carbonyl (C=O) groups is 1. The second-order valence-corrected chi connectivity index (χ2v) is 4.89. The van der Waals surface area contributed by atoms with Crippen molar-refractivity contribution in [2.75, 3.05) is 7.11 Å². The Bertz CT molecular complexity index is 802. The van der Waals surface area contributed by atoms with Crippen molar-refractivity contribution >= 4 is 5.97 Å². The van der Waals surface area contributed by atoms with E-state index in [4.69, 9.17) is 14.6 Å². The molecule has 134 valence electrons. The summed E-state index contributed by atoms with van der Waals surface area (Å²) >= 11 is 0. The fourth-order valence-electron chi connectivity index (χ4n) is 2.05. The number of aromatic carboxylic acids is 1. The van der Waals surface area contributed by atoms with Gasteiger partial charge in [0.15, 0.2) is 11.5 Å². The first kappa shape index (κ1) is 18.4. The van der Waals surface area contributed by atoms with E-state index in [1.54, 1.807) is 0 Å². The number of hydrogen-bond acceptors (Lipinski definition) is 4. The highest BCUT2D eigenvalue weighted by Gasteiger charge is 2.31. The molecule has 0 aliphatic heterocycles. The molecule has 5 nitrogen and oxygen atoms in total. The molecule has 9 heteroatoms. The predicted molar refractivity (Wildman–Crippen MR) is 77.8 cm³/mol. The third-order valence-corrected chi connectivity index (χ3v) is 3.00. The van der Waals surface area contributed by atoms with Crippen LogP contribution >= 0.6 is 0 Å². The van der Waals surface area contributed by atoms with Gasteiger partial charge in [-0.15, -0.1) is 13.2 Å². The van der Waals surface area contributed by atoms with E-state index in [1.807, 2.05) is 0 Å². The number of alkyl halides is 3. The van der Waals surface area contributed by atoms with Crippen LogP contribution in [0.5, 0.6) is 23.0 Å². The van der Waals surface area contributed by atoms with Crippen molar-refractivity contribution in [2.45, 2.75) is 13.3 Å². The zero-order chi connectivity index (χ0) is 18.8. The zero-order valence-electron chi connectivity index (χ0n) is 13.0. The summed E-state index contributed by atoms with van der Waals surface area (Å²) in [7, 11) is 1.18. The molecule has 0 aliphatic rings. The molecule has 0 saturated heterocycles. The van der Waals surface area contributed by atoms with Crippen LogP contribution in [0.2, 0.25) is 0 Å². The number of ether oxygens (including phenoxy) is 3. The molecule has 1 N–H and O–H groups in total. The van der Waals surface area contributed by atoms with Gasteiger partial charge in [0.05, 0.1) is 7.11 Å². The summed E-state index contributed by atoms with van der Waals surface area (Å²) in [5, 5.41) is 9.12. The molecule has 0 saturated carbocycles. The van der Waals surface area contributed by atoms with E-state index in [1.165, 1.54) is 20.1 Å². The summed E-state index contributed by atoms with van der Waals surface area (Å²) in [5.41, 5.74) is -0.309. The summed E-state index contributed by atoms with van der Waals surface area (Å²) < 4.78 is 64.7. The normalized spacial score (nSPS) is 11.1. The molecule has 0 spiro atoms. The van der Waals surface area contributed by atoms with Crippen LogP contribution in [-0.4, -0.2) is 24.5 Å². The molecule has 0 unspecified atom stereocenters. The van der Waals surface area contributed by atoms with Gasteiger partial charge >= 0.3 is 12.3 Å². The van der Waals surface area contributed by atoms with Crippen LogP contribution in [0.1, 0.15) is 15.9 Å². The maximum atomic E-state index is 13.9. The first-order valence-corrected chi connectivity index (χ1v) is 6.76. The van der Waals surface area contributed by atoms with E-state index in [9.17, 15) is 22.4 Å². The summed E-state index contributed by atoms with van der Waals surface area (Å²) in [5.74, 6) is -3.68. The van der Waals surface area contributed by atoms with Crippen LogP contribution in [0, 0.1) is 12.7 Å². The van der Waals surface area contributed by atoms with Gasteiger partial charge in [0.1, 0.15) is 22.9 Å². The number of rotatable bonds is 5. The van der Waals surface area contributed by atoms with Crippen molar-refractivity contribution in [1.82, 2.24) is 0 Å². The SMILES string of the molecule is COc1cc(OC(F)(F)F)ccc1Oc1cc(C)cc(F)c1C(=O)O. The van der Waals surface area contributed by atoms with Gasteiger partial charge in [-0.2, -0.15) is 0 Å². The van der Waals surface area contributed by atoms with E-state index in [-0.39, 0.29) is 17.2 Å². The van der Waals surface area contributed by atoms with Crippen molar-refractivity contribution in [1.29, 1.82) is 0 Å². The van der Waals surface area contributed by atoms with Gasteiger partial charge in [-0.05, 0) is 36.8 Å². The average Bonchev–Trinajstić information content (AvgIpc) is 2.46. The molecule has 0 fully saturated rings. The van der Waals surface area contributed by atoms with Gasteiger partial charge in [-0.1, -0.05) is 0 Å². The molecule has 0 aliphatic carbocycles. The van der Waals surface area contributed by atoms with E-state index in [0.717, 1.165) is 24.3 Å². The minimum atomic E-state index is -4.89. The molecule has 0 aromatic heterocycles. The number of benzene rings is 2. The monoisotopic (exact) mass is 360 g/mol. The lowest BCUT2D eigenvalue weighted by molar-refractivity contribution is -0.274. The maximum absolute atomic E-state index is 13.9. The third kappa shape index (κ3) is 4.52. The largest absolute Gasteiger partial charge is 0.573 e. The molecular formula is C16H12F4O5. The summed E-state index contributed by atoms with van der Waals surface area (Å²) in [6, 6.07) is 5.26. The Morgan fingerprint density at radius 3 is 2.32 bits per heavy atom. The molecule has 0 heterocycles. The van der Waals surface area contributed by atoms with E-state index in [0.29, 0.717) is 5.56 Å². The first-order valence-electron chi connectivity index (χ1n) is 6.76. The van der Waals surface area contributed by atoms with E-state index in [2.05, 4.69) is 4.74 Å². The minimum Gasteiger partial charge on any atom is -0.493 e. The van der Waals surface area contributed by atoms with Crippen LogP contribution in [0.25, 0.3) is 0 Å². The number of aryl methyl sites for hydroxylation is 1. The van der Waals surface area contributed by atoms with Crippen LogP contribution in [0.3, 0.4) is 0 Å². The fourth-order valence-corrected chi connectivity index (χ4v) is 2.05. The first-order chi connectivity index (χ1) is 11.6. The smallest absolute Gasteiger partial charge is 0.493 e. The summed E-state index contributed by atoms with van der Waals surface area (Å²) in [6.07, 6.45) is -4.89. The lowest BCUT2D eigenvalue weighted by Crippen LogP contribution is -2.17. The third-order valence-electron chi connectivity index (χ3n) is 3.00. The minimum absolute atomic E-state index is 0.107. The van der Waals surface area contributed by atoms with Crippen LogP contribution in [0.4, 0.5) is 17.6 Å². The lowest BCUT2D eigenvalue weighted by Gasteiger charge is -2.15. The van der Waals surface area contributed by atoms with Gasteiger partial charge in [0.2, 0.25) is 0 Å². The molecule has 2 aromatic rings. The van der Waals surface area contributed by atoms with Gasteiger partial charge in [0, 0.05) is 6.07 Å². The predicted octanol–water partition coefficient (Wildman–Crippen LogP) is 4.53. The lowest BCUT2D eigenvalue weighted by atomic mass is 10.1. The standard InChI is InChI=1S/C16H12F4O5/c1-8-5-10(17)14(15(21)22)13(6-8)24-11-4-3-9(7-12(11)23-2)25-16(18,19)20/h3-7H,1-2H3,(H,21,22). The van der Waals surface area contributed by atoms with Crippen molar-refractivity contribution in [3.8, 4) is 23.0 Å². The van der Waals surface area contributed by atoms with E-state index >= 15 is 0 Å². The molecule has 25 heavy (non-hydrogen) atoms. The van der Waals surface area contributed by atoms with Crippen molar-refractivity contribution in [3.63, 3.8) is 0 Å². The van der Waals surface area contributed by atoms with Gasteiger partial charge in [0.25, 0.3) is 0 Å². The molecule has 0 radical (unpaired) electrons. The van der Waals surface area contributed by atoms with Crippen LogP contribution in [-0.2, 0) is 0 Å².